The number of carbonyl (C=O) groups is 1. The topological polar surface area (TPSA) is 47.4 Å². The molecule has 0 spiro atoms. The van der Waals surface area contributed by atoms with Gasteiger partial charge >= 0.3 is 0 Å². The van der Waals surface area contributed by atoms with E-state index in [1.165, 1.54) is 0 Å². The van der Waals surface area contributed by atoms with Crippen molar-refractivity contribution in [1.82, 2.24) is 14.7 Å². The lowest BCUT2D eigenvalue weighted by Gasteiger charge is -2.34. The lowest BCUT2D eigenvalue weighted by Crippen LogP contribution is -2.48. The molecule has 0 bridgehead atoms. The number of aromatic nitrogens is 2. The van der Waals surface area contributed by atoms with Crippen molar-refractivity contribution in [3.8, 4) is 0 Å². The second-order valence-electron chi connectivity index (χ2n) is 7.66. The van der Waals surface area contributed by atoms with Gasteiger partial charge in [0.25, 0.3) is 5.91 Å². The fourth-order valence-electron chi connectivity index (χ4n) is 2.95. The number of morpholine rings is 1. The van der Waals surface area contributed by atoms with Gasteiger partial charge in [-0.1, -0.05) is 13.8 Å². The molecule has 1 aromatic rings. The van der Waals surface area contributed by atoms with Crippen molar-refractivity contribution in [2.24, 2.45) is 0 Å². The predicted octanol–water partition coefficient (Wildman–Crippen LogP) is 3.01. The maximum atomic E-state index is 12.8. The summed E-state index contributed by atoms with van der Waals surface area (Å²) in [5.41, 5.74) is 1.51. The van der Waals surface area contributed by atoms with E-state index in [9.17, 15) is 4.79 Å². The lowest BCUT2D eigenvalue weighted by atomic mass is 10.1. The first-order chi connectivity index (χ1) is 10.1. The van der Waals surface area contributed by atoms with Crippen molar-refractivity contribution in [3.05, 3.63) is 17.5 Å². The number of hydrogen-bond acceptors (Lipinski definition) is 3. The van der Waals surface area contributed by atoms with Gasteiger partial charge in [0.1, 0.15) is 0 Å². The molecule has 1 aliphatic rings. The summed E-state index contributed by atoms with van der Waals surface area (Å²) in [4.78, 5) is 14.7. The van der Waals surface area contributed by atoms with Crippen LogP contribution in [0.15, 0.2) is 6.07 Å². The minimum absolute atomic E-state index is 0.00639. The first-order valence-electron chi connectivity index (χ1n) is 8.14. The molecule has 0 unspecified atom stereocenters. The van der Waals surface area contributed by atoms with E-state index < -0.39 is 0 Å². The van der Waals surface area contributed by atoms with Crippen LogP contribution >= 0.6 is 0 Å². The third kappa shape index (κ3) is 3.51. The Morgan fingerprint density at radius 1 is 1.27 bits per heavy atom. The largest absolute Gasteiger partial charge is 0.372 e. The second kappa shape index (κ2) is 6.03. The third-order valence-electron chi connectivity index (χ3n) is 3.89. The number of rotatable bonds is 2. The molecule has 1 aromatic heterocycles. The molecule has 0 N–H and O–H groups in total. The maximum absolute atomic E-state index is 12.8. The standard InChI is InChI=1S/C17H29N3O2/c1-11(2)15-8-14(18-20(15)17(5,6)7)16(21)19-9-12(3)22-13(4)10-19/h8,11-13H,9-10H2,1-7H3/t12-,13-/m0/s1. The molecular weight excluding hydrogens is 278 g/mol. The van der Waals surface area contributed by atoms with Crippen molar-refractivity contribution in [3.63, 3.8) is 0 Å². The second-order valence-corrected chi connectivity index (χ2v) is 7.66. The average Bonchev–Trinajstić information content (AvgIpc) is 2.81. The Bertz CT molecular complexity index is 533. The van der Waals surface area contributed by atoms with Crippen LogP contribution in [0, 0.1) is 0 Å². The van der Waals surface area contributed by atoms with Gasteiger partial charge in [0, 0.05) is 18.8 Å². The predicted molar refractivity (Wildman–Crippen MR) is 87.2 cm³/mol. The lowest BCUT2D eigenvalue weighted by molar-refractivity contribution is -0.0587. The Balaban J connectivity index is 2.30. The van der Waals surface area contributed by atoms with Crippen molar-refractivity contribution in [2.75, 3.05) is 13.1 Å². The van der Waals surface area contributed by atoms with E-state index >= 15 is 0 Å². The first-order valence-corrected chi connectivity index (χ1v) is 8.14. The molecule has 1 fully saturated rings. The fraction of sp³-hybridized carbons (Fsp3) is 0.765. The Morgan fingerprint density at radius 3 is 2.23 bits per heavy atom. The average molecular weight is 307 g/mol. The SMILES string of the molecule is CC(C)c1cc(C(=O)N2C[C@H](C)O[C@@H](C)C2)nn1C(C)(C)C. The first kappa shape index (κ1) is 17.0. The van der Waals surface area contributed by atoms with Crippen LogP contribution in [0.1, 0.15) is 70.6 Å². The van der Waals surface area contributed by atoms with Crippen molar-refractivity contribution < 1.29 is 9.53 Å². The van der Waals surface area contributed by atoms with Crippen LogP contribution in [0.3, 0.4) is 0 Å². The molecule has 0 aromatic carbocycles. The summed E-state index contributed by atoms with van der Waals surface area (Å²) in [6.45, 7) is 15.9. The zero-order valence-corrected chi connectivity index (χ0v) is 14.9. The minimum atomic E-state index is -0.135. The summed E-state index contributed by atoms with van der Waals surface area (Å²) < 4.78 is 7.69. The highest BCUT2D eigenvalue weighted by Crippen LogP contribution is 2.24. The summed E-state index contributed by atoms with van der Waals surface area (Å²) >= 11 is 0. The van der Waals surface area contributed by atoms with Crippen LogP contribution in [-0.2, 0) is 10.3 Å². The van der Waals surface area contributed by atoms with E-state index in [4.69, 9.17) is 4.74 Å². The van der Waals surface area contributed by atoms with Crippen molar-refractivity contribution >= 4 is 5.91 Å². The molecule has 0 aliphatic carbocycles. The maximum Gasteiger partial charge on any atom is 0.274 e. The summed E-state index contributed by atoms with van der Waals surface area (Å²) in [5.74, 6) is 0.336. The van der Waals surface area contributed by atoms with E-state index in [1.54, 1.807) is 0 Å². The number of nitrogens with zero attached hydrogens (tertiary/aromatic N) is 3. The van der Waals surface area contributed by atoms with Gasteiger partial charge in [-0.2, -0.15) is 5.10 Å². The van der Waals surface area contributed by atoms with Gasteiger partial charge in [0.2, 0.25) is 0 Å². The molecule has 2 heterocycles. The van der Waals surface area contributed by atoms with Crippen molar-refractivity contribution in [2.45, 2.75) is 72.1 Å². The van der Waals surface area contributed by atoms with Crippen molar-refractivity contribution in [1.29, 1.82) is 0 Å². The summed E-state index contributed by atoms with van der Waals surface area (Å²) in [6, 6.07) is 1.95. The molecule has 2 rings (SSSR count). The van der Waals surface area contributed by atoms with Gasteiger partial charge in [0.05, 0.1) is 17.7 Å². The molecule has 1 saturated heterocycles. The molecule has 5 nitrogen and oxygen atoms in total. The van der Waals surface area contributed by atoms with Gasteiger partial charge in [0.15, 0.2) is 5.69 Å². The van der Waals surface area contributed by atoms with Gasteiger partial charge < -0.3 is 9.64 Å². The number of amides is 1. The molecule has 22 heavy (non-hydrogen) atoms. The van der Waals surface area contributed by atoms with Crippen LogP contribution in [0.2, 0.25) is 0 Å². The van der Waals surface area contributed by atoms with Crippen LogP contribution < -0.4 is 0 Å². The third-order valence-corrected chi connectivity index (χ3v) is 3.89. The van der Waals surface area contributed by atoms with Gasteiger partial charge in [-0.15, -0.1) is 0 Å². The van der Waals surface area contributed by atoms with E-state index in [-0.39, 0.29) is 23.7 Å². The van der Waals surface area contributed by atoms with Gasteiger partial charge in [-0.3, -0.25) is 9.48 Å². The minimum Gasteiger partial charge on any atom is -0.372 e. The van der Waals surface area contributed by atoms with Crippen LogP contribution in [0.5, 0.6) is 0 Å². The molecule has 1 amide bonds. The highest BCUT2D eigenvalue weighted by atomic mass is 16.5. The highest BCUT2D eigenvalue weighted by Gasteiger charge is 2.30. The zero-order chi connectivity index (χ0) is 16.7. The Kier molecular flexibility index (Phi) is 4.66. The summed E-state index contributed by atoms with van der Waals surface area (Å²) in [7, 11) is 0. The van der Waals surface area contributed by atoms with Crippen LogP contribution in [0.25, 0.3) is 0 Å². The van der Waals surface area contributed by atoms with Gasteiger partial charge in [-0.05, 0) is 46.6 Å². The van der Waals surface area contributed by atoms with E-state index in [0.717, 1.165) is 5.69 Å². The fourth-order valence-corrected chi connectivity index (χ4v) is 2.95. The molecule has 0 radical (unpaired) electrons. The van der Waals surface area contributed by atoms with Gasteiger partial charge in [-0.25, -0.2) is 0 Å². The normalized spacial score (nSPS) is 23.2. The molecule has 2 atom stereocenters. The molecule has 1 aliphatic heterocycles. The zero-order valence-electron chi connectivity index (χ0n) is 14.9. The Morgan fingerprint density at radius 2 is 1.82 bits per heavy atom. The Labute approximate surface area is 133 Å². The molecule has 124 valence electrons. The van der Waals surface area contributed by atoms with E-state index in [0.29, 0.717) is 24.7 Å². The molecular formula is C17H29N3O2. The summed E-state index contributed by atoms with van der Waals surface area (Å²) in [5, 5.41) is 4.61. The number of ether oxygens (including phenoxy) is 1. The monoisotopic (exact) mass is 307 g/mol. The van der Waals surface area contributed by atoms with Crippen LogP contribution in [-0.4, -0.2) is 45.9 Å². The highest BCUT2D eigenvalue weighted by molar-refractivity contribution is 5.92. The molecule has 5 heteroatoms. The molecule has 0 saturated carbocycles. The number of carbonyl (C=O) groups excluding carboxylic acids is 1. The number of hydrogen-bond donors (Lipinski definition) is 0. The van der Waals surface area contributed by atoms with E-state index in [1.807, 2.05) is 29.5 Å². The summed E-state index contributed by atoms with van der Waals surface area (Å²) in [6.07, 6.45) is 0.143. The Hall–Kier alpha value is -1.36. The quantitative estimate of drug-likeness (QED) is 0.844. The van der Waals surface area contributed by atoms with E-state index in [2.05, 4.69) is 39.7 Å². The van der Waals surface area contributed by atoms with Crippen LogP contribution in [0.4, 0.5) is 0 Å². The smallest absolute Gasteiger partial charge is 0.274 e.